The lowest BCUT2D eigenvalue weighted by molar-refractivity contribution is -0.272. The Morgan fingerprint density at radius 2 is 0.822 bits per heavy atom. The molecule has 0 aromatic heterocycles. The quantitative estimate of drug-likeness (QED) is 0.0451. The molecular formula is C101H129F16NO9S2. The lowest BCUT2D eigenvalue weighted by Gasteiger charge is -2.55. The Balaban J connectivity index is 0.000000133. The van der Waals surface area contributed by atoms with Crippen molar-refractivity contribution in [1.29, 1.82) is 0 Å². The topological polar surface area (TPSA) is 126 Å². The van der Waals surface area contributed by atoms with Gasteiger partial charge < -0.3 is 18.9 Å². The van der Waals surface area contributed by atoms with Crippen LogP contribution in [-0.2, 0) is 44.7 Å². The van der Waals surface area contributed by atoms with Gasteiger partial charge in [0.25, 0.3) is 15.9 Å². The van der Waals surface area contributed by atoms with Gasteiger partial charge in [-0.3, -0.25) is 4.79 Å². The zero-order valence-electron chi connectivity index (χ0n) is 75.1. The van der Waals surface area contributed by atoms with E-state index in [2.05, 4.69) is 31.2 Å². The molecule has 129 heavy (non-hydrogen) atoms. The van der Waals surface area contributed by atoms with Gasteiger partial charge in [-0.05, 0) is 253 Å². The number of sulfonamides is 1. The molecule has 19 rings (SSSR count). The van der Waals surface area contributed by atoms with Gasteiger partial charge in [-0.1, -0.05) is 201 Å². The maximum absolute atomic E-state index is 15.0. The molecule has 2 aliphatic heterocycles. The van der Waals surface area contributed by atoms with Crippen molar-refractivity contribution >= 4 is 25.8 Å². The van der Waals surface area contributed by atoms with E-state index in [9.17, 15) is 83.1 Å². The minimum absolute atomic E-state index is 0.0330. The highest BCUT2D eigenvalue weighted by molar-refractivity contribution is 7.92. The van der Waals surface area contributed by atoms with Crippen LogP contribution in [0.3, 0.4) is 0 Å². The molecule has 5 aromatic carbocycles. The summed E-state index contributed by atoms with van der Waals surface area (Å²) in [6, 6.07) is 28.5. The van der Waals surface area contributed by atoms with E-state index in [1.54, 1.807) is 22.3 Å². The summed E-state index contributed by atoms with van der Waals surface area (Å²) in [5.41, 5.74) is 10.7. The summed E-state index contributed by atoms with van der Waals surface area (Å²) in [5.74, 6) is -29.1. The Morgan fingerprint density at radius 1 is 0.457 bits per heavy atom. The van der Waals surface area contributed by atoms with E-state index in [0.29, 0.717) is 42.8 Å². The molecule has 6 bridgehead atoms. The monoisotopic (exact) mass is 1870 g/mol. The number of esters is 1. The molecule has 0 N–H and O–H groups in total. The Kier molecular flexibility index (Phi) is 30.8. The van der Waals surface area contributed by atoms with Crippen LogP contribution in [0.5, 0.6) is 11.5 Å². The summed E-state index contributed by atoms with van der Waals surface area (Å²) in [6.07, 6.45) is 43.7. The van der Waals surface area contributed by atoms with E-state index < -0.39 is 163 Å². The van der Waals surface area contributed by atoms with Gasteiger partial charge in [-0.15, -0.1) is 0 Å². The molecule has 0 spiro atoms. The number of fused-ring (bicyclic) bond motifs is 5. The third-order valence-electron chi connectivity index (χ3n) is 31.1. The van der Waals surface area contributed by atoms with Crippen LogP contribution < -0.4 is 4.74 Å². The Hall–Kier alpha value is -5.97. The van der Waals surface area contributed by atoms with Crippen LogP contribution in [0.15, 0.2) is 84.9 Å². The van der Waals surface area contributed by atoms with Crippen LogP contribution in [0.4, 0.5) is 70.2 Å². The third-order valence-corrected chi connectivity index (χ3v) is 34.7. The van der Waals surface area contributed by atoms with Crippen molar-refractivity contribution in [3.8, 4) is 11.5 Å². The van der Waals surface area contributed by atoms with Gasteiger partial charge in [-0.2, -0.15) is 48.2 Å². The van der Waals surface area contributed by atoms with Crippen molar-refractivity contribution in [3.05, 3.63) is 164 Å². The number of carbonyl (C=O) groups is 1. The standard InChI is InChI=1S/C31H38F4O.C25H38.C23H22F4O2.C14H20F2O2.C8H11F6NO4S2/c1-19-26(32)28(34)31(29(35)27(19)33)36-30-24(21-13-7-3-8-14-21)17-23(20-11-5-2-6-12-20)18-25(30)22-15-9-4-10-16-22;1-19-24(21-13-7-3-8-14-21)17-23(20-11-5-2-6-12-20)18-25(19)22-15-9-4-10-16-22;1-21(24,25)23(26,27)18-13-14-12-17(18)20-19(14)28-22(29-20,15-8-4-2-5-9-15)16-10-6-3-7-11-16;1-13(15,16)8-12(17)18-14-5-9-2-10(6-14)4-11(3-9)7-14;1-6(9,10)7(11,12)8(13,14)21(18,19)15-2-4-20(16,17)5-3-15/h17-18,20-22H,2-16H2,1H3;17-18,20-22H,2-16H2,1H3;2-11,14,17-20H,12-13H2,1H3;9-11H,2-8H2,1H3;2-5H2,1H3. The fourth-order valence-corrected chi connectivity index (χ4v) is 27.6. The number of hydrogen-bond donors (Lipinski definition) is 0. The highest BCUT2D eigenvalue weighted by atomic mass is 32.2. The molecule has 12 saturated carbocycles. The summed E-state index contributed by atoms with van der Waals surface area (Å²) < 4.78 is 289. The van der Waals surface area contributed by atoms with Gasteiger partial charge >= 0.3 is 34.9 Å². The van der Waals surface area contributed by atoms with Crippen molar-refractivity contribution in [2.24, 2.45) is 35.5 Å². The smallest absolute Gasteiger partial charge is 0.427 e. The maximum atomic E-state index is 15.0. The Morgan fingerprint density at radius 3 is 1.19 bits per heavy atom. The van der Waals surface area contributed by atoms with Crippen LogP contribution in [0.1, 0.15) is 362 Å². The average Bonchev–Trinajstić information content (AvgIpc) is 1.58. The lowest BCUT2D eigenvalue weighted by Crippen LogP contribution is -2.61. The number of rotatable bonds is 19. The fourth-order valence-electron chi connectivity index (χ4n) is 24.6. The Labute approximate surface area is 751 Å². The van der Waals surface area contributed by atoms with Crippen LogP contribution in [0, 0.1) is 72.6 Å². The molecule has 12 aliphatic carbocycles. The number of hydrogen-bond acceptors (Lipinski definition) is 9. The minimum atomic E-state index is -6.15. The maximum Gasteiger partial charge on any atom is 0.427 e. The number of carbonyl (C=O) groups excluding carboxylic acids is 1. The van der Waals surface area contributed by atoms with Crippen LogP contribution in [0.25, 0.3) is 0 Å². The highest BCUT2D eigenvalue weighted by Crippen LogP contribution is 2.65. The van der Waals surface area contributed by atoms with Gasteiger partial charge in [0.2, 0.25) is 23.2 Å². The number of nitrogens with zero attached hydrogens (tertiary/aromatic N) is 1. The van der Waals surface area contributed by atoms with Crippen molar-refractivity contribution in [1.82, 2.24) is 4.31 Å². The third kappa shape index (κ3) is 21.6. The summed E-state index contributed by atoms with van der Waals surface area (Å²) in [7, 11) is -9.82. The second kappa shape index (κ2) is 40.1. The molecule has 0 amide bonds. The van der Waals surface area contributed by atoms with Gasteiger partial charge in [0.15, 0.2) is 21.5 Å². The first-order valence-electron chi connectivity index (χ1n) is 47.9. The predicted molar refractivity (Wildman–Crippen MR) is 464 cm³/mol. The van der Waals surface area contributed by atoms with Gasteiger partial charge in [0.1, 0.15) is 17.8 Å². The lowest BCUT2D eigenvalue weighted by atomic mass is 9.54. The van der Waals surface area contributed by atoms with E-state index >= 15 is 8.78 Å². The highest BCUT2D eigenvalue weighted by Gasteiger charge is 2.77. The second-order valence-electron chi connectivity index (χ2n) is 40.6. The molecule has 5 aromatic rings. The van der Waals surface area contributed by atoms with E-state index in [1.165, 1.54) is 153 Å². The molecule has 28 heteroatoms. The van der Waals surface area contributed by atoms with Crippen LogP contribution >= 0.6 is 0 Å². The molecular weight excluding hydrogens is 1740 g/mol. The van der Waals surface area contributed by atoms with E-state index in [1.807, 2.05) is 60.7 Å². The molecule has 2 saturated heterocycles. The molecule has 716 valence electrons. The second-order valence-corrected chi connectivity index (χ2v) is 44.8. The SMILES string of the molecule is CC(F)(F)C(F)(F)C(F)(F)S(=O)(=O)N1CCS(=O)(=O)CC1.CC(F)(F)C(F)(F)C1CC2CC1C1OC(c3ccccc3)(c3ccccc3)OC21.CC(F)(F)CC(=O)OC12CC3CC(CC(C3)C1)C2.Cc1c(C2CCCCC2)cc(C2CCCCC2)cc1C1CCCCC1.Cc1c(F)c(F)c(Oc2c(C3CCCCC3)cc(C3CCCCC3)cc2C2CCCCC2)c(F)c1F. The van der Waals surface area contributed by atoms with E-state index in [0.717, 1.165) is 137 Å². The molecule has 5 atom stereocenters. The number of sulfone groups is 1. The first-order chi connectivity index (χ1) is 60.9. The van der Waals surface area contributed by atoms with Crippen molar-refractivity contribution in [3.63, 3.8) is 0 Å². The van der Waals surface area contributed by atoms with E-state index in [-0.39, 0.29) is 34.6 Å². The first kappa shape index (κ1) is 99.0. The summed E-state index contributed by atoms with van der Waals surface area (Å²) in [6.45, 7) is 2.07. The van der Waals surface area contributed by atoms with Crippen molar-refractivity contribution < 1.29 is 111 Å². The molecule has 5 unspecified atom stereocenters. The molecule has 2 heterocycles. The van der Waals surface area contributed by atoms with Gasteiger partial charge in [0, 0.05) is 49.5 Å². The molecule has 14 aliphatic rings. The molecule has 10 nitrogen and oxygen atoms in total. The number of ether oxygens (including phenoxy) is 4. The number of halogens is 16. The average molecular weight is 1870 g/mol. The molecule has 0 radical (unpaired) electrons. The Bertz CT molecular complexity index is 4670. The van der Waals surface area contributed by atoms with Gasteiger partial charge in [-0.25, -0.2) is 43.2 Å². The summed E-state index contributed by atoms with van der Waals surface area (Å²) in [5, 5.41) is -6.07. The summed E-state index contributed by atoms with van der Waals surface area (Å²) >= 11 is 0. The predicted octanol–water partition coefficient (Wildman–Crippen LogP) is 28.7. The van der Waals surface area contributed by atoms with Crippen molar-refractivity contribution in [2.45, 2.75) is 379 Å². The van der Waals surface area contributed by atoms with Crippen LogP contribution in [-0.4, -0.2) is 104 Å². The normalized spacial score (nSPS) is 27.4. The fraction of sp³-hybridized carbons (Fsp3) is 0.693. The number of benzene rings is 5. The van der Waals surface area contributed by atoms with Crippen molar-refractivity contribution in [2.75, 3.05) is 24.6 Å². The zero-order chi connectivity index (χ0) is 92.6. The van der Waals surface area contributed by atoms with Gasteiger partial charge in [0.05, 0.1) is 23.7 Å². The molecule has 14 fully saturated rings. The minimum Gasteiger partial charge on any atom is -0.459 e. The van der Waals surface area contributed by atoms with E-state index in [4.69, 9.17) is 18.9 Å². The zero-order valence-corrected chi connectivity index (χ0v) is 76.7. The number of alkyl halides is 12. The largest absolute Gasteiger partial charge is 0.459 e. The first-order valence-corrected chi connectivity index (χ1v) is 51.2. The summed E-state index contributed by atoms with van der Waals surface area (Å²) in [4.78, 5) is 11.6. The van der Waals surface area contributed by atoms with Crippen LogP contribution in [0.2, 0.25) is 0 Å².